The highest BCUT2D eigenvalue weighted by atomic mass is 16.6. The van der Waals surface area contributed by atoms with Gasteiger partial charge in [-0.2, -0.15) is 0 Å². The zero-order valence-electron chi connectivity index (χ0n) is 11.9. The Hall–Kier alpha value is -1.62. The van der Waals surface area contributed by atoms with Gasteiger partial charge in [0, 0.05) is 12.6 Å². The van der Waals surface area contributed by atoms with Gasteiger partial charge in [-0.3, -0.25) is 10.1 Å². The van der Waals surface area contributed by atoms with E-state index in [4.69, 9.17) is 10.5 Å². The van der Waals surface area contributed by atoms with E-state index in [1.807, 2.05) is 0 Å². The first-order chi connectivity index (χ1) is 9.63. The highest BCUT2D eigenvalue weighted by Gasteiger charge is 2.25. The lowest BCUT2D eigenvalue weighted by Crippen LogP contribution is -2.25. The van der Waals surface area contributed by atoms with Crippen molar-refractivity contribution in [2.75, 3.05) is 0 Å². The minimum Gasteiger partial charge on any atom is -0.483 e. The number of nitrogens with zero attached hydrogens (tertiary/aromatic N) is 1. The van der Waals surface area contributed by atoms with Crippen LogP contribution in [0.1, 0.15) is 44.6 Å². The van der Waals surface area contributed by atoms with Crippen LogP contribution in [0.15, 0.2) is 18.2 Å². The van der Waals surface area contributed by atoms with E-state index in [0.29, 0.717) is 18.2 Å². The first-order valence-corrected chi connectivity index (χ1v) is 7.28. The molecule has 20 heavy (non-hydrogen) atoms. The van der Waals surface area contributed by atoms with Crippen LogP contribution in [0.3, 0.4) is 0 Å². The highest BCUT2D eigenvalue weighted by molar-refractivity contribution is 5.48. The van der Waals surface area contributed by atoms with Crippen molar-refractivity contribution in [2.45, 2.75) is 51.7 Å². The van der Waals surface area contributed by atoms with E-state index in [9.17, 15) is 10.1 Å². The van der Waals surface area contributed by atoms with E-state index >= 15 is 0 Å². The zero-order chi connectivity index (χ0) is 14.5. The Balaban J connectivity index is 2.16. The van der Waals surface area contributed by atoms with Crippen molar-refractivity contribution >= 4 is 5.69 Å². The fourth-order valence-corrected chi connectivity index (χ4v) is 2.83. The predicted octanol–water partition coefficient (Wildman–Crippen LogP) is 3.40. The minimum atomic E-state index is -0.393. The van der Waals surface area contributed by atoms with E-state index in [0.717, 1.165) is 31.2 Å². The summed E-state index contributed by atoms with van der Waals surface area (Å²) in [6.07, 6.45) is 5.56. The van der Waals surface area contributed by atoms with Gasteiger partial charge in [-0.05, 0) is 36.8 Å². The Kier molecular flexibility index (Phi) is 4.95. The van der Waals surface area contributed by atoms with E-state index in [1.165, 1.54) is 12.5 Å². The van der Waals surface area contributed by atoms with Gasteiger partial charge >= 0.3 is 5.69 Å². The third kappa shape index (κ3) is 3.48. The minimum absolute atomic E-state index is 0.0285. The largest absolute Gasteiger partial charge is 0.483 e. The summed E-state index contributed by atoms with van der Waals surface area (Å²) in [5.74, 6) is 1.03. The molecule has 1 aliphatic rings. The summed E-state index contributed by atoms with van der Waals surface area (Å²) < 4.78 is 5.93. The Bertz CT molecular complexity index is 476. The number of ether oxygens (including phenoxy) is 1. The smallest absolute Gasteiger partial charge is 0.310 e. The molecule has 2 atom stereocenters. The maximum Gasteiger partial charge on any atom is 0.310 e. The van der Waals surface area contributed by atoms with E-state index in [1.54, 1.807) is 12.1 Å². The van der Waals surface area contributed by atoms with E-state index < -0.39 is 4.92 Å². The number of hydrogen-bond acceptors (Lipinski definition) is 4. The molecule has 110 valence electrons. The molecule has 1 aromatic rings. The van der Waals surface area contributed by atoms with Crippen LogP contribution in [0.2, 0.25) is 0 Å². The standard InChI is InChI=1S/C15H22N2O3/c1-2-11-4-3-5-13(8-11)20-15-9-12(10-16)6-7-14(15)17(18)19/h6-7,9,11,13H,2-5,8,10,16H2,1H3. The number of benzene rings is 1. The number of nitro groups is 1. The van der Waals surface area contributed by atoms with Crippen LogP contribution < -0.4 is 10.5 Å². The highest BCUT2D eigenvalue weighted by Crippen LogP contribution is 2.34. The fourth-order valence-electron chi connectivity index (χ4n) is 2.83. The lowest BCUT2D eigenvalue weighted by Gasteiger charge is -2.28. The van der Waals surface area contributed by atoms with Gasteiger partial charge in [0.05, 0.1) is 11.0 Å². The quantitative estimate of drug-likeness (QED) is 0.661. The molecule has 0 bridgehead atoms. The molecular formula is C15H22N2O3. The molecule has 1 fully saturated rings. The van der Waals surface area contributed by atoms with Gasteiger partial charge in [0.15, 0.2) is 5.75 Å². The average Bonchev–Trinajstić information content (AvgIpc) is 2.47. The van der Waals surface area contributed by atoms with Crippen molar-refractivity contribution in [1.82, 2.24) is 0 Å². The van der Waals surface area contributed by atoms with Gasteiger partial charge in [0.25, 0.3) is 0 Å². The Morgan fingerprint density at radius 3 is 2.90 bits per heavy atom. The molecule has 0 saturated heterocycles. The van der Waals surface area contributed by atoms with Crippen LogP contribution in [-0.2, 0) is 6.54 Å². The van der Waals surface area contributed by atoms with Crippen molar-refractivity contribution < 1.29 is 9.66 Å². The number of nitrogens with two attached hydrogens (primary N) is 1. The molecule has 5 heteroatoms. The third-order valence-corrected chi connectivity index (χ3v) is 4.06. The molecule has 1 aromatic carbocycles. The summed E-state index contributed by atoms with van der Waals surface area (Å²) in [5, 5.41) is 11.1. The summed E-state index contributed by atoms with van der Waals surface area (Å²) in [7, 11) is 0. The molecular weight excluding hydrogens is 256 g/mol. The molecule has 0 spiro atoms. The maximum absolute atomic E-state index is 11.1. The Morgan fingerprint density at radius 2 is 2.25 bits per heavy atom. The first kappa shape index (κ1) is 14.8. The molecule has 2 unspecified atom stereocenters. The second kappa shape index (κ2) is 6.70. The molecule has 0 aliphatic heterocycles. The zero-order valence-corrected chi connectivity index (χ0v) is 11.9. The molecule has 5 nitrogen and oxygen atoms in total. The van der Waals surface area contributed by atoms with Crippen LogP contribution in [0, 0.1) is 16.0 Å². The van der Waals surface area contributed by atoms with E-state index in [-0.39, 0.29) is 11.8 Å². The second-order valence-corrected chi connectivity index (χ2v) is 5.44. The topological polar surface area (TPSA) is 78.4 Å². The van der Waals surface area contributed by atoms with Crippen LogP contribution in [0.4, 0.5) is 5.69 Å². The normalized spacial score (nSPS) is 22.5. The van der Waals surface area contributed by atoms with Crippen LogP contribution in [0.25, 0.3) is 0 Å². The Labute approximate surface area is 119 Å². The molecule has 0 heterocycles. The molecule has 0 radical (unpaired) electrons. The second-order valence-electron chi connectivity index (χ2n) is 5.44. The average molecular weight is 278 g/mol. The summed E-state index contributed by atoms with van der Waals surface area (Å²) in [4.78, 5) is 10.7. The van der Waals surface area contributed by atoms with Crippen LogP contribution in [0.5, 0.6) is 5.75 Å². The molecule has 2 N–H and O–H groups in total. The van der Waals surface area contributed by atoms with Crippen molar-refractivity contribution in [3.05, 3.63) is 33.9 Å². The summed E-state index contributed by atoms with van der Waals surface area (Å²) in [6, 6.07) is 4.87. The van der Waals surface area contributed by atoms with Gasteiger partial charge in [-0.25, -0.2) is 0 Å². The first-order valence-electron chi connectivity index (χ1n) is 7.28. The van der Waals surface area contributed by atoms with Gasteiger partial charge in [0.2, 0.25) is 0 Å². The van der Waals surface area contributed by atoms with Gasteiger partial charge in [-0.1, -0.05) is 25.8 Å². The van der Waals surface area contributed by atoms with E-state index in [2.05, 4.69) is 6.92 Å². The number of hydrogen-bond donors (Lipinski definition) is 1. The number of nitro benzene ring substituents is 1. The maximum atomic E-state index is 11.1. The van der Waals surface area contributed by atoms with Crippen molar-refractivity contribution in [1.29, 1.82) is 0 Å². The predicted molar refractivity (Wildman–Crippen MR) is 77.7 cm³/mol. The lowest BCUT2D eigenvalue weighted by atomic mass is 9.85. The summed E-state index contributed by atoms with van der Waals surface area (Å²) >= 11 is 0. The Morgan fingerprint density at radius 1 is 1.45 bits per heavy atom. The monoisotopic (exact) mass is 278 g/mol. The molecule has 1 aliphatic carbocycles. The van der Waals surface area contributed by atoms with Crippen molar-refractivity contribution in [3.8, 4) is 5.75 Å². The molecule has 0 aromatic heterocycles. The summed E-state index contributed by atoms with van der Waals surface area (Å²) in [5.41, 5.74) is 6.48. The van der Waals surface area contributed by atoms with Crippen LogP contribution >= 0.6 is 0 Å². The number of rotatable bonds is 5. The van der Waals surface area contributed by atoms with Crippen molar-refractivity contribution in [3.63, 3.8) is 0 Å². The molecule has 2 rings (SSSR count). The fraction of sp³-hybridized carbons (Fsp3) is 0.600. The SMILES string of the molecule is CCC1CCCC(Oc2cc(CN)ccc2[N+](=O)[O-])C1. The molecule has 1 saturated carbocycles. The van der Waals surface area contributed by atoms with Crippen molar-refractivity contribution in [2.24, 2.45) is 11.7 Å². The third-order valence-electron chi connectivity index (χ3n) is 4.06. The molecule has 0 amide bonds. The van der Waals surface area contributed by atoms with Gasteiger partial charge in [-0.15, -0.1) is 0 Å². The summed E-state index contributed by atoms with van der Waals surface area (Å²) in [6.45, 7) is 2.54. The lowest BCUT2D eigenvalue weighted by molar-refractivity contribution is -0.386. The van der Waals surface area contributed by atoms with Gasteiger partial charge in [0.1, 0.15) is 0 Å². The van der Waals surface area contributed by atoms with Gasteiger partial charge < -0.3 is 10.5 Å². The van der Waals surface area contributed by atoms with Crippen LogP contribution in [-0.4, -0.2) is 11.0 Å².